The molecule has 2 heterocycles. The third-order valence-corrected chi connectivity index (χ3v) is 3.00. The molecule has 1 aromatic carbocycles. The summed E-state index contributed by atoms with van der Waals surface area (Å²) in [6, 6.07) is 22.0. The van der Waals surface area contributed by atoms with E-state index in [-0.39, 0.29) is 0 Å². The van der Waals surface area contributed by atoms with E-state index in [4.69, 9.17) is 0 Å². The molecule has 20 heavy (non-hydrogen) atoms. The first-order chi connectivity index (χ1) is 9.84. The van der Waals surface area contributed by atoms with E-state index in [1.54, 1.807) is 6.20 Å². The average Bonchev–Trinajstić information content (AvgIpc) is 2.50. The summed E-state index contributed by atoms with van der Waals surface area (Å²) in [6.45, 7) is 1.99. The third-order valence-electron chi connectivity index (χ3n) is 3.00. The quantitative estimate of drug-likeness (QED) is 0.705. The van der Waals surface area contributed by atoms with Gasteiger partial charge < -0.3 is 0 Å². The largest absolute Gasteiger partial charge is 0.279 e. The molecule has 2 aromatic heterocycles. The van der Waals surface area contributed by atoms with Gasteiger partial charge in [0.15, 0.2) is 0 Å². The highest BCUT2D eigenvalue weighted by Gasteiger charge is 2.13. The molecule has 0 aliphatic heterocycles. The molecule has 3 nitrogen and oxygen atoms in total. The van der Waals surface area contributed by atoms with Crippen LogP contribution in [0, 0.1) is 6.92 Å². The summed E-state index contributed by atoms with van der Waals surface area (Å²) in [5.41, 5.74) is 2.03. The maximum Gasteiger partial charge on any atom is 0.138 e. The lowest BCUT2D eigenvalue weighted by molar-refractivity contribution is 1.10. The number of aromatic nitrogens is 2. The Morgan fingerprint density at radius 2 is 1.50 bits per heavy atom. The summed E-state index contributed by atoms with van der Waals surface area (Å²) in [6.07, 6.45) is 1.79. The molecule has 3 aromatic rings. The van der Waals surface area contributed by atoms with Crippen molar-refractivity contribution < 1.29 is 0 Å². The SMILES string of the molecule is Cc1cccc(N(c2ccccc2)c2ccccn2)n1. The van der Waals surface area contributed by atoms with E-state index in [2.05, 4.69) is 22.1 Å². The standard InChI is InChI=1S/C17H15N3/c1-14-8-7-12-17(19-14)20(15-9-3-2-4-10-15)16-11-5-6-13-18-16/h2-13H,1H3. The first-order valence-corrected chi connectivity index (χ1v) is 6.54. The molecule has 0 unspecified atom stereocenters. The maximum atomic E-state index is 4.61. The molecular weight excluding hydrogens is 246 g/mol. The monoisotopic (exact) mass is 261 g/mol. The topological polar surface area (TPSA) is 29.0 Å². The highest BCUT2D eigenvalue weighted by Crippen LogP contribution is 2.31. The van der Waals surface area contributed by atoms with Gasteiger partial charge in [-0.25, -0.2) is 9.97 Å². The predicted octanol–water partition coefficient (Wildman–Crippen LogP) is 4.25. The zero-order valence-corrected chi connectivity index (χ0v) is 11.3. The van der Waals surface area contributed by atoms with Gasteiger partial charge in [-0.15, -0.1) is 0 Å². The van der Waals surface area contributed by atoms with Crippen LogP contribution in [0.15, 0.2) is 72.9 Å². The molecule has 0 amide bonds. The van der Waals surface area contributed by atoms with Gasteiger partial charge in [0.05, 0.1) is 0 Å². The van der Waals surface area contributed by atoms with E-state index < -0.39 is 0 Å². The lowest BCUT2D eigenvalue weighted by Gasteiger charge is -2.23. The van der Waals surface area contributed by atoms with Crippen LogP contribution in [0.25, 0.3) is 0 Å². The number of rotatable bonds is 3. The Balaban J connectivity index is 2.14. The smallest absolute Gasteiger partial charge is 0.138 e. The summed E-state index contributed by atoms with van der Waals surface area (Å²) < 4.78 is 0. The fourth-order valence-electron chi connectivity index (χ4n) is 2.10. The van der Waals surface area contributed by atoms with Crippen molar-refractivity contribution in [1.82, 2.24) is 9.97 Å². The van der Waals surface area contributed by atoms with Gasteiger partial charge in [-0.05, 0) is 43.3 Å². The molecule has 0 saturated heterocycles. The molecule has 0 N–H and O–H groups in total. The highest BCUT2D eigenvalue weighted by molar-refractivity contribution is 5.71. The Hall–Kier alpha value is -2.68. The Morgan fingerprint density at radius 1 is 0.750 bits per heavy atom. The Bertz CT molecular complexity index is 641. The van der Waals surface area contributed by atoms with Crippen LogP contribution in [0.1, 0.15) is 5.69 Å². The Morgan fingerprint density at radius 3 is 2.20 bits per heavy atom. The van der Waals surface area contributed by atoms with Gasteiger partial charge in [-0.2, -0.15) is 0 Å². The minimum Gasteiger partial charge on any atom is -0.279 e. The van der Waals surface area contributed by atoms with Crippen LogP contribution in [0.3, 0.4) is 0 Å². The lowest BCUT2D eigenvalue weighted by atomic mass is 10.2. The van der Waals surface area contributed by atoms with Gasteiger partial charge in [0.1, 0.15) is 11.6 Å². The summed E-state index contributed by atoms with van der Waals surface area (Å²) in [5, 5.41) is 0. The van der Waals surface area contributed by atoms with Crippen molar-refractivity contribution in [2.24, 2.45) is 0 Å². The van der Waals surface area contributed by atoms with E-state index >= 15 is 0 Å². The van der Waals surface area contributed by atoms with Crippen LogP contribution < -0.4 is 4.90 Å². The number of anilines is 3. The first kappa shape index (κ1) is 12.4. The van der Waals surface area contributed by atoms with Crippen molar-refractivity contribution in [1.29, 1.82) is 0 Å². The molecule has 98 valence electrons. The summed E-state index contributed by atoms with van der Waals surface area (Å²) >= 11 is 0. The molecular formula is C17H15N3. The molecule has 0 radical (unpaired) electrons. The summed E-state index contributed by atoms with van der Waals surface area (Å²) in [5.74, 6) is 1.73. The fourth-order valence-corrected chi connectivity index (χ4v) is 2.10. The summed E-state index contributed by atoms with van der Waals surface area (Å²) in [7, 11) is 0. The Labute approximate surface area is 118 Å². The second kappa shape index (κ2) is 5.53. The number of hydrogen-bond acceptors (Lipinski definition) is 3. The molecule has 0 fully saturated rings. The summed E-state index contributed by atoms with van der Waals surface area (Å²) in [4.78, 5) is 11.1. The van der Waals surface area contributed by atoms with Crippen molar-refractivity contribution in [3.05, 3.63) is 78.6 Å². The van der Waals surface area contributed by atoms with Crippen molar-refractivity contribution in [2.45, 2.75) is 6.92 Å². The number of aryl methyl sites for hydroxylation is 1. The van der Waals surface area contributed by atoms with E-state index in [9.17, 15) is 0 Å². The van der Waals surface area contributed by atoms with Gasteiger partial charge in [-0.3, -0.25) is 4.90 Å². The molecule has 3 rings (SSSR count). The van der Waals surface area contributed by atoms with Crippen LogP contribution in [0.2, 0.25) is 0 Å². The number of para-hydroxylation sites is 1. The molecule has 0 aliphatic carbocycles. The number of hydrogen-bond donors (Lipinski definition) is 0. The lowest BCUT2D eigenvalue weighted by Crippen LogP contribution is -2.12. The average molecular weight is 261 g/mol. The molecule has 0 bridgehead atoms. The second-order valence-corrected chi connectivity index (χ2v) is 4.50. The van der Waals surface area contributed by atoms with E-state index in [1.807, 2.05) is 66.4 Å². The van der Waals surface area contributed by atoms with Crippen molar-refractivity contribution in [2.75, 3.05) is 4.90 Å². The fraction of sp³-hybridized carbons (Fsp3) is 0.0588. The van der Waals surface area contributed by atoms with Gasteiger partial charge in [0.2, 0.25) is 0 Å². The van der Waals surface area contributed by atoms with Crippen LogP contribution in [-0.4, -0.2) is 9.97 Å². The van der Waals surface area contributed by atoms with Crippen LogP contribution >= 0.6 is 0 Å². The number of pyridine rings is 2. The molecule has 0 aliphatic rings. The van der Waals surface area contributed by atoms with E-state index in [0.29, 0.717) is 0 Å². The first-order valence-electron chi connectivity index (χ1n) is 6.54. The number of benzene rings is 1. The van der Waals surface area contributed by atoms with Gasteiger partial charge in [0, 0.05) is 17.6 Å². The van der Waals surface area contributed by atoms with Gasteiger partial charge in [0.25, 0.3) is 0 Å². The Kier molecular flexibility index (Phi) is 3.42. The maximum absolute atomic E-state index is 4.61. The molecule has 0 spiro atoms. The van der Waals surface area contributed by atoms with Gasteiger partial charge in [-0.1, -0.05) is 30.3 Å². The van der Waals surface area contributed by atoms with Crippen molar-refractivity contribution in [3.63, 3.8) is 0 Å². The van der Waals surface area contributed by atoms with E-state index in [1.165, 1.54) is 0 Å². The second-order valence-electron chi connectivity index (χ2n) is 4.50. The van der Waals surface area contributed by atoms with Crippen molar-refractivity contribution >= 4 is 17.3 Å². The molecule has 3 heteroatoms. The van der Waals surface area contributed by atoms with Crippen LogP contribution in [0.4, 0.5) is 17.3 Å². The zero-order valence-electron chi connectivity index (χ0n) is 11.3. The van der Waals surface area contributed by atoms with Crippen LogP contribution in [0.5, 0.6) is 0 Å². The molecule has 0 saturated carbocycles. The highest BCUT2D eigenvalue weighted by atomic mass is 15.2. The third kappa shape index (κ3) is 2.52. The van der Waals surface area contributed by atoms with E-state index in [0.717, 1.165) is 23.0 Å². The van der Waals surface area contributed by atoms with Gasteiger partial charge >= 0.3 is 0 Å². The minimum absolute atomic E-state index is 0.858. The normalized spacial score (nSPS) is 10.2. The van der Waals surface area contributed by atoms with Crippen LogP contribution in [-0.2, 0) is 0 Å². The minimum atomic E-state index is 0.858. The molecule has 0 atom stereocenters. The number of nitrogens with zero attached hydrogens (tertiary/aromatic N) is 3. The van der Waals surface area contributed by atoms with Crippen molar-refractivity contribution in [3.8, 4) is 0 Å². The predicted molar refractivity (Wildman–Crippen MR) is 81.5 cm³/mol. The zero-order chi connectivity index (χ0) is 13.8.